The average Bonchev–Trinajstić information content (AvgIpc) is 3.41. The van der Waals surface area contributed by atoms with Gasteiger partial charge < -0.3 is 0 Å². The van der Waals surface area contributed by atoms with E-state index in [-0.39, 0.29) is 0 Å². The number of hydrogen-bond acceptors (Lipinski definition) is 2. The van der Waals surface area contributed by atoms with Crippen molar-refractivity contribution < 1.29 is 0 Å². The van der Waals surface area contributed by atoms with Crippen LogP contribution in [0.4, 0.5) is 0 Å². The van der Waals surface area contributed by atoms with Crippen LogP contribution in [0.25, 0.3) is 78.1 Å². The minimum Gasteiger partial charge on any atom is -0.228 e. The predicted molar refractivity (Wildman–Crippen MR) is 209 cm³/mol. The molecule has 1 aliphatic rings. The molecule has 0 aliphatic carbocycles. The van der Waals surface area contributed by atoms with E-state index in [1.165, 1.54) is 54.5 Å². The summed E-state index contributed by atoms with van der Waals surface area (Å²) in [4.78, 5) is 10.8. The topological polar surface area (TPSA) is 25.8 Å². The third-order valence-corrected chi connectivity index (χ3v) is 13.5. The van der Waals surface area contributed by atoms with E-state index in [1.54, 1.807) is 0 Å². The van der Waals surface area contributed by atoms with Crippen LogP contribution in [0.15, 0.2) is 170 Å². The molecule has 0 amide bonds. The van der Waals surface area contributed by atoms with Gasteiger partial charge in [0, 0.05) is 16.7 Å². The van der Waals surface area contributed by atoms with Crippen LogP contribution in [0.5, 0.6) is 0 Å². The van der Waals surface area contributed by atoms with Gasteiger partial charge in [-0.25, -0.2) is 9.97 Å². The van der Waals surface area contributed by atoms with Crippen LogP contribution in [0.1, 0.15) is 0 Å². The van der Waals surface area contributed by atoms with Gasteiger partial charge in [-0.2, -0.15) is 0 Å². The van der Waals surface area contributed by atoms with Gasteiger partial charge in [0.1, 0.15) is 8.07 Å². The van der Waals surface area contributed by atoms with Crippen molar-refractivity contribution >= 4 is 29.2 Å². The molecule has 0 N–H and O–H groups in total. The summed E-state index contributed by atoms with van der Waals surface area (Å²) in [6.45, 7) is 4.92. The van der Waals surface area contributed by atoms with Crippen LogP contribution in [-0.4, -0.2) is 18.0 Å². The second-order valence-electron chi connectivity index (χ2n) is 13.4. The lowest BCUT2D eigenvalue weighted by molar-refractivity contribution is 1.20. The highest BCUT2D eigenvalue weighted by atomic mass is 28.3. The van der Waals surface area contributed by atoms with Gasteiger partial charge in [-0.05, 0) is 66.7 Å². The number of fused-ring (bicyclic) bond motifs is 5. The minimum atomic E-state index is -2.15. The van der Waals surface area contributed by atoms with Crippen LogP contribution in [0, 0.1) is 0 Å². The molecule has 0 saturated carbocycles. The third-order valence-electron chi connectivity index (χ3n) is 10.0. The second kappa shape index (κ2) is 11.7. The predicted octanol–water partition coefficient (Wildman–Crippen LogP) is 10.8. The number of rotatable bonds is 5. The Morgan fingerprint density at radius 1 is 0.367 bits per heavy atom. The van der Waals surface area contributed by atoms with Crippen molar-refractivity contribution in [1.29, 1.82) is 0 Å². The van der Waals surface area contributed by atoms with E-state index < -0.39 is 8.07 Å². The Kier molecular flexibility index (Phi) is 6.96. The summed E-state index contributed by atoms with van der Waals surface area (Å²) in [7, 11) is -2.15. The van der Waals surface area contributed by atoms with Crippen molar-refractivity contribution in [3.05, 3.63) is 170 Å². The molecule has 3 heteroatoms. The first-order valence-electron chi connectivity index (χ1n) is 16.9. The highest BCUT2D eigenvalue weighted by molar-refractivity contribution is 7.05. The lowest BCUT2D eigenvalue weighted by Gasteiger charge is -2.23. The molecule has 0 spiro atoms. The summed E-state index contributed by atoms with van der Waals surface area (Å²) in [6.07, 6.45) is 0. The SMILES string of the molecule is C[Si]1(C)c2c(-c3ccccc3)nc(-c3cccc(-c4cccc(-c5ccc(-c6ccccc6)cc5)c4)c3)nc2-c2ccc3ccccc3c21. The fourth-order valence-electron chi connectivity index (χ4n) is 7.65. The molecular formula is C46H34N2Si. The van der Waals surface area contributed by atoms with Gasteiger partial charge in [0.15, 0.2) is 5.82 Å². The van der Waals surface area contributed by atoms with Crippen molar-refractivity contribution in [2.45, 2.75) is 13.1 Å². The molecule has 8 aromatic rings. The average molecular weight is 643 g/mol. The van der Waals surface area contributed by atoms with Crippen molar-refractivity contribution in [2.75, 3.05) is 0 Å². The fraction of sp³-hybridized carbons (Fsp3) is 0.0435. The smallest absolute Gasteiger partial charge is 0.160 e. The molecule has 1 aliphatic heterocycles. The monoisotopic (exact) mass is 642 g/mol. The Bertz CT molecular complexity index is 2500. The Labute approximate surface area is 288 Å². The Morgan fingerprint density at radius 2 is 0.857 bits per heavy atom. The first kappa shape index (κ1) is 29.3. The van der Waals surface area contributed by atoms with Crippen LogP contribution in [-0.2, 0) is 0 Å². The van der Waals surface area contributed by atoms with Gasteiger partial charge in [0.25, 0.3) is 0 Å². The van der Waals surface area contributed by atoms with E-state index in [1.807, 2.05) is 0 Å². The Morgan fingerprint density at radius 3 is 1.55 bits per heavy atom. The van der Waals surface area contributed by atoms with Gasteiger partial charge in [0.05, 0.1) is 11.4 Å². The van der Waals surface area contributed by atoms with E-state index in [0.29, 0.717) is 0 Å². The molecule has 0 saturated heterocycles. The maximum Gasteiger partial charge on any atom is 0.160 e. The standard InChI is InChI=1S/C46H34N2Si/c1-49(2)44-40-22-10-9-15-34(40)27-28-41(44)43-45(49)42(35-16-7-4-8-17-35)47-46(48-43)39-21-12-20-38(30-39)37-19-11-18-36(29-37)33-25-23-32(24-26-33)31-13-5-3-6-14-31/h3-30H,1-2H3. The highest BCUT2D eigenvalue weighted by Gasteiger charge is 2.43. The summed E-state index contributed by atoms with van der Waals surface area (Å²) in [5.41, 5.74) is 12.7. The van der Waals surface area contributed by atoms with Crippen LogP contribution in [0.3, 0.4) is 0 Å². The van der Waals surface area contributed by atoms with Gasteiger partial charge in [0.2, 0.25) is 0 Å². The number of nitrogens with zero attached hydrogens (tertiary/aromatic N) is 2. The first-order valence-corrected chi connectivity index (χ1v) is 19.9. The molecule has 49 heavy (non-hydrogen) atoms. The number of aromatic nitrogens is 2. The lowest BCUT2D eigenvalue weighted by Crippen LogP contribution is -2.50. The molecule has 9 rings (SSSR count). The number of hydrogen-bond donors (Lipinski definition) is 0. The molecule has 7 aromatic carbocycles. The van der Waals surface area contributed by atoms with Gasteiger partial charge in [-0.15, -0.1) is 0 Å². The van der Waals surface area contributed by atoms with Crippen LogP contribution in [0.2, 0.25) is 13.1 Å². The maximum absolute atomic E-state index is 5.41. The minimum absolute atomic E-state index is 0.762. The highest BCUT2D eigenvalue weighted by Crippen LogP contribution is 2.37. The molecule has 0 radical (unpaired) electrons. The van der Waals surface area contributed by atoms with E-state index in [4.69, 9.17) is 9.97 Å². The van der Waals surface area contributed by atoms with Crippen molar-refractivity contribution in [1.82, 2.24) is 9.97 Å². The zero-order chi connectivity index (χ0) is 33.0. The van der Waals surface area contributed by atoms with Crippen molar-refractivity contribution in [3.8, 4) is 67.3 Å². The summed E-state index contributed by atoms with van der Waals surface area (Å²) in [5, 5.41) is 5.42. The van der Waals surface area contributed by atoms with Crippen molar-refractivity contribution in [3.63, 3.8) is 0 Å². The van der Waals surface area contributed by atoms with Gasteiger partial charge >= 0.3 is 0 Å². The summed E-state index contributed by atoms with van der Waals surface area (Å²) >= 11 is 0. The van der Waals surface area contributed by atoms with E-state index in [9.17, 15) is 0 Å². The maximum atomic E-state index is 5.41. The summed E-state index contributed by atoms with van der Waals surface area (Å²) in [5.74, 6) is 0.762. The molecule has 0 unspecified atom stereocenters. The first-order chi connectivity index (χ1) is 24.0. The lowest BCUT2D eigenvalue weighted by atomic mass is 9.96. The third kappa shape index (κ3) is 5.02. The van der Waals surface area contributed by atoms with Gasteiger partial charge in [-0.1, -0.05) is 171 Å². The Hall–Kier alpha value is -5.90. The van der Waals surface area contributed by atoms with E-state index in [0.717, 1.165) is 33.9 Å². The van der Waals surface area contributed by atoms with Crippen molar-refractivity contribution in [2.24, 2.45) is 0 Å². The van der Waals surface area contributed by atoms with E-state index in [2.05, 4.69) is 183 Å². The molecular weight excluding hydrogens is 609 g/mol. The second-order valence-corrected chi connectivity index (χ2v) is 17.7. The molecule has 0 bridgehead atoms. The molecule has 0 atom stereocenters. The van der Waals surface area contributed by atoms with Crippen LogP contribution < -0.4 is 10.4 Å². The largest absolute Gasteiger partial charge is 0.228 e. The zero-order valence-electron chi connectivity index (χ0n) is 27.6. The zero-order valence-corrected chi connectivity index (χ0v) is 28.6. The van der Waals surface area contributed by atoms with E-state index >= 15 is 0 Å². The summed E-state index contributed by atoms with van der Waals surface area (Å²) < 4.78 is 0. The molecule has 2 heterocycles. The summed E-state index contributed by atoms with van der Waals surface area (Å²) in [6, 6.07) is 60.9. The number of benzene rings is 7. The van der Waals surface area contributed by atoms with Crippen LogP contribution >= 0.6 is 0 Å². The fourth-order valence-corrected chi connectivity index (χ4v) is 11.3. The Balaban J connectivity index is 1.15. The molecule has 2 nitrogen and oxygen atoms in total. The quantitative estimate of drug-likeness (QED) is 0.175. The molecule has 232 valence electrons. The molecule has 1 aromatic heterocycles. The molecule has 0 fully saturated rings. The normalized spacial score (nSPS) is 12.9. The van der Waals surface area contributed by atoms with Gasteiger partial charge in [-0.3, -0.25) is 0 Å².